The number of benzene rings is 3. The zero-order chi connectivity index (χ0) is 27.0. The van der Waals surface area contributed by atoms with E-state index < -0.39 is 6.04 Å². The first-order valence-electron chi connectivity index (χ1n) is 12.6. The largest absolute Gasteiger partial charge is 0.454 e. The fraction of sp³-hybridized carbons (Fsp3) is 0.333. The maximum absolute atomic E-state index is 13.5. The highest BCUT2D eigenvalue weighted by Gasteiger charge is 2.30. The van der Waals surface area contributed by atoms with Crippen molar-refractivity contribution in [3.8, 4) is 0 Å². The van der Waals surface area contributed by atoms with Gasteiger partial charge in [-0.1, -0.05) is 102 Å². The van der Waals surface area contributed by atoms with Crippen LogP contribution in [0.3, 0.4) is 0 Å². The summed E-state index contributed by atoms with van der Waals surface area (Å²) in [5.41, 5.74) is 2.27. The summed E-state index contributed by atoms with van der Waals surface area (Å²) in [5, 5.41) is 5.78. The Labute approximate surface area is 234 Å². The number of halogens is 2. The third-order valence-corrected chi connectivity index (χ3v) is 6.41. The van der Waals surface area contributed by atoms with E-state index in [1.54, 1.807) is 24.3 Å². The van der Waals surface area contributed by atoms with Gasteiger partial charge in [0.25, 0.3) is 0 Å². The van der Waals surface area contributed by atoms with E-state index in [-0.39, 0.29) is 30.3 Å². The van der Waals surface area contributed by atoms with E-state index in [0.717, 1.165) is 24.1 Å². The summed E-state index contributed by atoms with van der Waals surface area (Å²) in [7, 11) is 0. The second-order valence-electron chi connectivity index (χ2n) is 8.57. The molecule has 0 saturated heterocycles. The Morgan fingerprint density at radius 2 is 1.54 bits per heavy atom. The number of ether oxygens (including phenoxy) is 1. The van der Waals surface area contributed by atoms with Crippen LogP contribution in [-0.2, 0) is 9.53 Å². The molecule has 0 aliphatic heterocycles. The number of anilines is 1. The molecule has 3 rings (SSSR count). The number of nitrogens with one attached hydrogen (secondary N) is 1. The van der Waals surface area contributed by atoms with Gasteiger partial charge in [-0.25, -0.2) is 4.79 Å². The number of Topliss-reactive ketones (excluding diaryl/α,β-unsaturated/α-hetero) is 1. The molecule has 0 amide bonds. The number of carbonyl (C=O) groups excluding carboxylic acids is 2. The molecule has 2 atom stereocenters. The van der Waals surface area contributed by atoms with Crippen LogP contribution in [-0.4, -0.2) is 36.8 Å². The van der Waals surface area contributed by atoms with Gasteiger partial charge >= 0.3 is 5.97 Å². The van der Waals surface area contributed by atoms with Gasteiger partial charge in [0, 0.05) is 22.2 Å². The van der Waals surface area contributed by atoms with Crippen molar-refractivity contribution in [2.75, 3.05) is 24.2 Å². The van der Waals surface area contributed by atoms with Gasteiger partial charge in [0.1, 0.15) is 13.1 Å². The van der Waals surface area contributed by atoms with E-state index in [0.29, 0.717) is 17.1 Å². The first-order valence-corrected chi connectivity index (χ1v) is 14.5. The number of alkyl halides is 1. The highest BCUT2D eigenvalue weighted by atomic mass is 79.9. The molecule has 0 saturated carbocycles. The monoisotopic (exact) mass is 587 g/mol. The Morgan fingerprint density at radius 3 is 2.14 bits per heavy atom. The molecule has 0 heterocycles. The van der Waals surface area contributed by atoms with Crippen molar-refractivity contribution in [3.63, 3.8) is 0 Å². The summed E-state index contributed by atoms with van der Waals surface area (Å²) in [4.78, 5) is 26.1. The first-order chi connectivity index (χ1) is 18.0. The van der Waals surface area contributed by atoms with Crippen LogP contribution in [0.5, 0.6) is 0 Å². The zero-order valence-corrected chi connectivity index (χ0v) is 24.0. The molecule has 0 aliphatic rings. The SMILES string of the molecule is CBr.CCC(CC)[C@H](C[NH2+]CC(=O)c1cccc(Cl)c1)OC(=O)[C@H](Nc1ccccc1)c1ccccc1. The van der Waals surface area contributed by atoms with Crippen LogP contribution in [0.4, 0.5) is 5.69 Å². The van der Waals surface area contributed by atoms with E-state index in [2.05, 4.69) is 35.1 Å². The third kappa shape index (κ3) is 9.95. The van der Waals surface area contributed by atoms with Crippen molar-refractivity contribution in [1.82, 2.24) is 0 Å². The van der Waals surface area contributed by atoms with Gasteiger partial charge < -0.3 is 15.4 Å². The lowest BCUT2D eigenvalue weighted by Gasteiger charge is -2.27. The molecule has 0 unspecified atom stereocenters. The zero-order valence-electron chi connectivity index (χ0n) is 21.7. The molecule has 198 valence electrons. The number of quaternary nitrogens is 1. The van der Waals surface area contributed by atoms with E-state index in [1.165, 1.54) is 0 Å². The fourth-order valence-corrected chi connectivity index (χ4v) is 4.34. The normalized spacial score (nSPS) is 12.2. The molecular formula is C30H37BrClN2O3+. The molecule has 37 heavy (non-hydrogen) atoms. The van der Waals surface area contributed by atoms with Crippen molar-refractivity contribution in [3.05, 3.63) is 101 Å². The van der Waals surface area contributed by atoms with Crippen molar-refractivity contribution in [2.45, 2.75) is 38.8 Å². The van der Waals surface area contributed by atoms with Gasteiger partial charge in [-0.05, 0) is 48.5 Å². The van der Waals surface area contributed by atoms with E-state index >= 15 is 0 Å². The smallest absolute Gasteiger partial charge is 0.333 e. The van der Waals surface area contributed by atoms with Crippen LogP contribution in [0.25, 0.3) is 0 Å². The lowest BCUT2D eigenvalue weighted by Crippen LogP contribution is -2.88. The first kappa shape index (κ1) is 30.6. The Bertz CT molecular complexity index is 1080. The number of nitrogens with two attached hydrogens (primary N) is 1. The molecule has 3 aromatic rings. The van der Waals surface area contributed by atoms with E-state index in [1.807, 2.05) is 71.8 Å². The molecular weight excluding hydrogens is 552 g/mol. The molecule has 7 heteroatoms. The Morgan fingerprint density at radius 1 is 0.919 bits per heavy atom. The maximum Gasteiger partial charge on any atom is 0.333 e. The number of hydrogen-bond donors (Lipinski definition) is 2. The third-order valence-electron chi connectivity index (χ3n) is 6.17. The Hall–Kier alpha value is -2.67. The fourth-order valence-electron chi connectivity index (χ4n) is 4.15. The number of ketones is 1. The highest BCUT2D eigenvalue weighted by molar-refractivity contribution is 9.08. The number of hydrogen-bond acceptors (Lipinski definition) is 4. The summed E-state index contributed by atoms with van der Waals surface area (Å²) in [5.74, 6) is 1.68. The summed E-state index contributed by atoms with van der Waals surface area (Å²) in [6.45, 7) is 4.97. The maximum atomic E-state index is 13.5. The van der Waals surface area contributed by atoms with Gasteiger partial charge in [0.2, 0.25) is 5.78 Å². The summed E-state index contributed by atoms with van der Waals surface area (Å²) >= 11 is 8.96. The van der Waals surface area contributed by atoms with Crippen LogP contribution in [0, 0.1) is 5.92 Å². The van der Waals surface area contributed by atoms with Crippen molar-refractivity contribution in [1.29, 1.82) is 0 Å². The second-order valence-corrected chi connectivity index (χ2v) is 9.00. The molecule has 0 spiro atoms. The predicted molar refractivity (Wildman–Crippen MR) is 155 cm³/mol. The molecule has 0 radical (unpaired) electrons. The summed E-state index contributed by atoms with van der Waals surface area (Å²) in [6.07, 6.45) is 1.45. The Balaban J connectivity index is 0.00000235. The minimum absolute atomic E-state index is 0.00460. The van der Waals surface area contributed by atoms with Crippen LogP contribution in [0.15, 0.2) is 84.9 Å². The number of para-hydroxylation sites is 1. The average Bonchev–Trinajstić information content (AvgIpc) is 2.94. The van der Waals surface area contributed by atoms with E-state index in [9.17, 15) is 9.59 Å². The lowest BCUT2D eigenvalue weighted by molar-refractivity contribution is -0.650. The van der Waals surface area contributed by atoms with Crippen LogP contribution < -0.4 is 10.6 Å². The molecule has 0 aliphatic carbocycles. The van der Waals surface area contributed by atoms with Crippen LogP contribution in [0.1, 0.15) is 48.7 Å². The topological polar surface area (TPSA) is 72.0 Å². The van der Waals surface area contributed by atoms with Crippen molar-refractivity contribution >= 4 is 45.0 Å². The van der Waals surface area contributed by atoms with Crippen molar-refractivity contribution < 1.29 is 19.6 Å². The van der Waals surface area contributed by atoms with Gasteiger partial charge in [-0.2, -0.15) is 0 Å². The number of esters is 1. The van der Waals surface area contributed by atoms with Crippen LogP contribution in [0.2, 0.25) is 5.02 Å². The molecule has 0 aromatic heterocycles. The van der Waals surface area contributed by atoms with Crippen LogP contribution >= 0.6 is 27.5 Å². The van der Waals surface area contributed by atoms with Gasteiger partial charge in [0.05, 0.1) is 0 Å². The highest BCUT2D eigenvalue weighted by Crippen LogP contribution is 2.24. The molecule has 3 N–H and O–H groups in total. The Kier molecular flexibility index (Phi) is 14.0. The predicted octanol–water partition coefficient (Wildman–Crippen LogP) is 6.30. The quantitative estimate of drug-likeness (QED) is 0.140. The molecule has 5 nitrogen and oxygen atoms in total. The second kappa shape index (κ2) is 17.0. The standard InChI is InChI=1S/C29H33ClN2O3.CH3Br/c1-3-21(4-2)27(20-31-19-26(33)23-14-11-15-24(30)18-23)35-29(34)28(22-12-7-5-8-13-22)32-25-16-9-6-10-17-25;1-2/h5-18,21,27-28,31-32H,3-4,19-20H2,1-2H3;1H3/p+1/t27-,28+;/m0./s1. The lowest BCUT2D eigenvalue weighted by atomic mass is 9.96. The van der Waals surface area contributed by atoms with Gasteiger partial charge in [-0.3, -0.25) is 4.79 Å². The van der Waals surface area contributed by atoms with Gasteiger partial charge in [-0.15, -0.1) is 0 Å². The van der Waals surface area contributed by atoms with Gasteiger partial charge in [0.15, 0.2) is 12.1 Å². The minimum Gasteiger partial charge on any atom is -0.454 e. The van der Waals surface area contributed by atoms with Crippen molar-refractivity contribution in [2.24, 2.45) is 5.92 Å². The number of rotatable bonds is 13. The molecule has 0 fully saturated rings. The van der Waals surface area contributed by atoms with E-state index in [4.69, 9.17) is 16.3 Å². The summed E-state index contributed by atoms with van der Waals surface area (Å²) < 4.78 is 6.12. The molecule has 3 aromatic carbocycles. The number of carbonyl (C=O) groups is 2. The molecule has 0 bridgehead atoms. The average molecular weight is 589 g/mol. The summed E-state index contributed by atoms with van der Waals surface area (Å²) in [6, 6.07) is 25.6. The minimum atomic E-state index is -0.636.